The summed E-state index contributed by atoms with van der Waals surface area (Å²) in [5, 5.41) is 0. The number of anilines is 1. The van der Waals surface area contributed by atoms with Gasteiger partial charge < -0.3 is 9.80 Å². The molecule has 0 amide bonds. The highest BCUT2D eigenvalue weighted by atomic mass is 15.3. The number of piperazine rings is 1. The fourth-order valence-electron chi connectivity index (χ4n) is 3.87. The van der Waals surface area contributed by atoms with E-state index in [4.69, 9.17) is 4.98 Å². The molecule has 2 aliphatic rings. The van der Waals surface area contributed by atoms with Crippen molar-refractivity contribution in [1.29, 1.82) is 0 Å². The van der Waals surface area contributed by atoms with E-state index in [2.05, 4.69) is 53.9 Å². The molecule has 1 aromatic rings. The highest BCUT2D eigenvalue weighted by Crippen LogP contribution is 2.31. The van der Waals surface area contributed by atoms with Gasteiger partial charge in [-0.3, -0.25) is 4.90 Å². The molecule has 3 rings (SSSR count). The monoisotopic (exact) mass is 316 g/mol. The Kier molecular flexibility index (Phi) is 5.54. The predicted molar refractivity (Wildman–Crippen MR) is 97.0 cm³/mol. The summed E-state index contributed by atoms with van der Waals surface area (Å²) in [6.07, 6.45) is 6.11. The van der Waals surface area contributed by atoms with Crippen LogP contribution < -0.4 is 4.90 Å². The smallest absolute Gasteiger partial charge is 0.128 e. The van der Waals surface area contributed by atoms with Crippen molar-refractivity contribution in [3.05, 3.63) is 23.9 Å². The number of nitrogens with zero attached hydrogens (tertiary/aromatic N) is 4. The number of hydrogen-bond acceptors (Lipinski definition) is 4. The third-order valence-corrected chi connectivity index (χ3v) is 5.20. The Morgan fingerprint density at radius 3 is 2.52 bits per heavy atom. The molecule has 0 saturated carbocycles. The Balaban J connectivity index is 1.68. The summed E-state index contributed by atoms with van der Waals surface area (Å²) in [4.78, 5) is 12.3. The summed E-state index contributed by atoms with van der Waals surface area (Å²) < 4.78 is 0. The van der Waals surface area contributed by atoms with E-state index in [1.54, 1.807) is 0 Å². The van der Waals surface area contributed by atoms with Crippen molar-refractivity contribution >= 4 is 5.82 Å². The average Bonchev–Trinajstić information content (AvgIpc) is 2.56. The second-order valence-corrected chi connectivity index (χ2v) is 7.64. The van der Waals surface area contributed by atoms with Crippen LogP contribution in [0.25, 0.3) is 0 Å². The molecule has 2 fully saturated rings. The molecular formula is C19H32N4. The van der Waals surface area contributed by atoms with Gasteiger partial charge in [-0.05, 0) is 44.0 Å². The van der Waals surface area contributed by atoms with Crippen LogP contribution in [0.15, 0.2) is 18.3 Å². The van der Waals surface area contributed by atoms with Crippen LogP contribution in [0.1, 0.15) is 44.7 Å². The van der Waals surface area contributed by atoms with E-state index in [1.807, 2.05) is 0 Å². The van der Waals surface area contributed by atoms with Crippen LogP contribution in [0.3, 0.4) is 0 Å². The lowest BCUT2D eigenvalue weighted by Gasteiger charge is -2.37. The molecule has 0 spiro atoms. The maximum Gasteiger partial charge on any atom is 0.128 e. The van der Waals surface area contributed by atoms with E-state index in [0.29, 0.717) is 6.04 Å². The summed E-state index contributed by atoms with van der Waals surface area (Å²) in [5.74, 6) is 1.88. The maximum absolute atomic E-state index is 4.80. The predicted octanol–water partition coefficient (Wildman–Crippen LogP) is 3.02. The molecule has 0 N–H and O–H groups in total. The Morgan fingerprint density at radius 2 is 1.87 bits per heavy atom. The molecule has 1 aromatic heterocycles. The molecule has 0 aromatic carbocycles. The van der Waals surface area contributed by atoms with Crippen LogP contribution in [0.4, 0.5) is 5.82 Å². The fraction of sp³-hybridized carbons (Fsp3) is 0.737. The third-order valence-electron chi connectivity index (χ3n) is 5.20. The lowest BCUT2D eigenvalue weighted by atomic mass is 9.95. The van der Waals surface area contributed by atoms with Crippen molar-refractivity contribution in [2.24, 2.45) is 5.92 Å². The summed E-state index contributed by atoms with van der Waals surface area (Å²) in [6.45, 7) is 11.5. The van der Waals surface area contributed by atoms with Gasteiger partial charge in [0.2, 0.25) is 0 Å². The van der Waals surface area contributed by atoms with Gasteiger partial charge in [-0.1, -0.05) is 26.3 Å². The molecule has 3 heterocycles. The molecule has 2 aliphatic heterocycles. The fourth-order valence-corrected chi connectivity index (χ4v) is 3.87. The van der Waals surface area contributed by atoms with Crippen molar-refractivity contribution < 1.29 is 0 Å². The van der Waals surface area contributed by atoms with Gasteiger partial charge in [0, 0.05) is 45.0 Å². The first kappa shape index (κ1) is 16.7. The van der Waals surface area contributed by atoms with Crippen molar-refractivity contribution in [2.45, 2.75) is 39.2 Å². The van der Waals surface area contributed by atoms with E-state index in [-0.39, 0.29) is 0 Å². The van der Waals surface area contributed by atoms with Crippen molar-refractivity contribution in [3.8, 4) is 0 Å². The van der Waals surface area contributed by atoms with Crippen molar-refractivity contribution in [3.63, 3.8) is 0 Å². The Bertz CT molecular complexity index is 477. The first-order valence-electron chi connectivity index (χ1n) is 9.27. The Hall–Kier alpha value is -1.13. The standard InChI is InChI=1S/C19H32N4/c1-16(2)15-23-9-5-4-6-18(23)17-7-8-19(20-14-17)22-12-10-21(3)11-13-22/h7-8,14,16,18H,4-6,9-13,15H2,1-3H3/t18-/m1/s1. The zero-order chi connectivity index (χ0) is 16.2. The third kappa shape index (κ3) is 4.24. The van der Waals surface area contributed by atoms with Gasteiger partial charge >= 0.3 is 0 Å². The normalized spacial score (nSPS) is 24.3. The van der Waals surface area contributed by atoms with E-state index >= 15 is 0 Å². The highest BCUT2D eigenvalue weighted by Gasteiger charge is 2.25. The number of likely N-dealkylation sites (N-methyl/N-ethyl adjacent to an activating group) is 1. The SMILES string of the molecule is CC(C)CN1CCCC[C@@H]1c1ccc(N2CCN(C)CC2)nc1. The number of likely N-dealkylation sites (tertiary alicyclic amines) is 1. The minimum atomic E-state index is 0.570. The highest BCUT2D eigenvalue weighted by molar-refractivity contribution is 5.40. The summed E-state index contributed by atoms with van der Waals surface area (Å²) in [6, 6.07) is 5.13. The molecule has 4 heteroatoms. The lowest BCUT2D eigenvalue weighted by molar-refractivity contribution is 0.132. The zero-order valence-electron chi connectivity index (χ0n) is 15.0. The number of pyridine rings is 1. The minimum Gasteiger partial charge on any atom is -0.354 e. The van der Waals surface area contributed by atoms with Gasteiger partial charge in [0.25, 0.3) is 0 Å². The van der Waals surface area contributed by atoms with Gasteiger partial charge in [0.15, 0.2) is 0 Å². The lowest BCUT2D eigenvalue weighted by Crippen LogP contribution is -2.44. The summed E-state index contributed by atoms with van der Waals surface area (Å²) in [7, 11) is 2.19. The summed E-state index contributed by atoms with van der Waals surface area (Å²) >= 11 is 0. The van der Waals surface area contributed by atoms with Crippen LogP contribution in [-0.2, 0) is 0 Å². The second-order valence-electron chi connectivity index (χ2n) is 7.64. The van der Waals surface area contributed by atoms with Crippen LogP contribution in [0.2, 0.25) is 0 Å². The van der Waals surface area contributed by atoms with Crippen LogP contribution >= 0.6 is 0 Å². The van der Waals surface area contributed by atoms with Gasteiger partial charge in [-0.2, -0.15) is 0 Å². The molecule has 0 aliphatic carbocycles. The minimum absolute atomic E-state index is 0.570. The zero-order valence-corrected chi connectivity index (χ0v) is 15.0. The number of hydrogen-bond donors (Lipinski definition) is 0. The van der Waals surface area contributed by atoms with Crippen LogP contribution in [0, 0.1) is 5.92 Å². The number of rotatable bonds is 4. The van der Waals surface area contributed by atoms with E-state index in [9.17, 15) is 0 Å². The number of aromatic nitrogens is 1. The Labute approximate surface area is 141 Å². The average molecular weight is 316 g/mol. The van der Waals surface area contributed by atoms with Gasteiger partial charge in [-0.15, -0.1) is 0 Å². The van der Waals surface area contributed by atoms with Crippen molar-refractivity contribution in [1.82, 2.24) is 14.8 Å². The van der Waals surface area contributed by atoms with Gasteiger partial charge in [-0.25, -0.2) is 4.98 Å². The Morgan fingerprint density at radius 1 is 1.09 bits per heavy atom. The van der Waals surface area contributed by atoms with E-state index in [0.717, 1.165) is 37.9 Å². The first-order chi connectivity index (χ1) is 11.1. The topological polar surface area (TPSA) is 22.6 Å². The second kappa shape index (κ2) is 7.63. The quantitative estimate of drug-likeness (QED) is 0.851. The molecule has 0 unspecified atom stereocenters. The molecule has 0 radical (unpaired) electrons. The van der Waals surface area contributed by atoms with Crippen molar-refractivity contribution in [2.75, 3.05) is 51.2 Å². The molecular weight excluding hydrogens is 284 g/mol. The maximum atomic E-state index is 4.80. The van der Waals surface area contributed by atoms with Crippen LogP contribution in [0.5, 0.6) is 0 Å². The van der Waals surface area contributed by atoms with Crippen LogP contribution in [-0.4, -0.2) is 61.1 Å². The largest absolute Gasteiger partial charge is 0.354 e. The van der Waals surface area contributed by atoms with E-state index < -0.39 is 0 Å². The van der Waals surface area contributed by atoms with Gasteiger partial charge in [0.05, 0.1) is 0 Å². The summed E-state index contributed by atoms with van der Waals surface area (Å²) in [5.41, 5.74) is 1.41. The molecule has 0 bridgehead atoms. The molecule has 1 atom stereocenters. The van der Waals surface area contributed by atoms with E-state index in [1.165, 1.54) is 37.9 Å². The van der Waals surface area contributed by atoms with Gasteiger partial charge in [0.1, 0.15) is 5.82 Å². The molecule has 23 heavy (non-hydrogen) atoms. The molecule has 2 saturated heterocycles. The first-order valence-corrected chi connectivity index (χ1v) is 9.27. The molecule has 128 valence electrons. The number of piperidine rings is 1. The molecule has 4 nitrogen and oxygen atoms in total.